The number of anilines is 1. The molecule has 2 heterocycles. The van der Waals surface area contributed by atoms with Crippen LogP contribution in [0.1, 0.15) is 50.1 Å². The van der Waals surface area contributed by atoms with E-state index in [0.29, 0.717) is 23.7 Å². The number of nitrogens with zero attached hydrogens (tertiary/aromatic N) is 3. The van der Waals surface area contributed by atoms with Gasteiger partial charge in [-0.1, -0.05) is 25.4 Å². The maximum Gasteiger partial charge on any atom is 0.407 e. The third-order valence-electron chi connectivity index (χ3n) is 7.07. The van der Waals surface area contributed by atoms with Gasteiger partial charge in [-0.2, -0.15) is 0 Å². The number of Topliss-reactive ketones (excluding diaryl/α,β-unsaturated/α-hetero) is 1. The maximum absolute atomic E-state index is 13.4. The lowest BCUT2D eigenvalue weighted by Crippen LogP contribution is -2.46. The van der Waals surface area contributed by atoms with E-state index in [1.165, 1.54) is 7.11 Å². The molecule has 4 rings (SSSR count). The summed E-state index contributed by atoms with van der Waals surface area (Å²) in [5.41, 5.74) is 2.00. The van der Waals surface area contributed by atoms with Gasteiger partial charge < -0.3 is 24.8 Å². The number of aromatic amines is 1. The van der Waals surface area contributed by atoms with Gasteiger partial charge in [-0.3, -0.25) is 4.79 Å². The Hall–Kier alpha value is -2.32. The normalized spacial score (nSPS) is 24.5. The minimum absolute atomic E-state index is 0.0134. The fourth-order valence-electron chi connectivity index (χ4n) is 4.81. The lowest BCUT2D eigenvalue weighted by molar-refractivity contribution is 0.0715. The Kier molecular flexibility index (Phi) is 6.62. The Labute approximate surface area is 193 Å². The summed E-state index contributed by atoms with van der Waals surface area (Å²) in [7, 11) is 1.36. The molecule has 2 fully saturated rings. The van der Waals surface area contributed by atoms with Gasteiger partial charge >= 0.3 is 6.09 Å². The number of fused-ring (bicyclic) bond motifs is 1. The van der Waals surface area contributed by atoms with Crippen molar-refractivity contribution in [3.05, 3.63) is 23.0 Å². The van der Waals surface area contributed by atoms with E-state index in [9.17, 15) is 9.59 Å². The lowest BCUT2D eigenvalue weighted by atomic mass is 9.71. The molecular formula is C23H32ClN5O3. The Balaban J connectivity index is 1.49. The number of carbonyl (C=O) groups is 2. The number of hydrogen-bond donors (Lipinski definition) is 2. The van der Waals surface area contributed by atoms with Crippen LogP contribution < -0.4 is 10.2 Å². The number of carbonyl (C=O) groups excluding carboxylic acids is 2. The molecule has 0 bridgehead atoms. The zero-order chi connectivity index (χ0) is 22.9. The monoisotopic (exact) mass is 461 g/mol. The predicted octanol–water partition coefficient (Wildman–Crippen LogP) is 3.85. The summed E-state index contributed by atoms with van der Waals surface area (Å²) < 4.78 is 4.68. The minimum Gasteiger partial charge on any atom is -0.453 e. The fraction of sp³-hybridized carbons (Fsp3) is 0.609. The van der Waals surface area contributed by atoms with Crippen molar-refractivity contribution in [1.82, 2.24) is 20.2 Å². The highest BCUT2D eigenvalue weighted by Crippen LogP contribution is 2.39. The van der Waals surface area contributed by atoms with Crippen molar-refractivity contribution in [2.24, 2.45) is 5.41 Å². The number of aromatic nitrogens is 2. The largest absolute Gasteiger partial charge is 0.453 e. The first-order chi connectivity index (χ1) is 15.3. The second-order valence-electron chi connectivity index (χ2n) is 9.13. The number of alkyl carbamates (subject to hydrolysis) is 1. The van der Waals surface area contributed by atoms with E-state index >= 15 is 0 Å². The number of piperazine rings is 1. The van der Waals surface area contributed by atoms with Crippen molar-refractivity contribution >= 4 is 40.2 Å². The average molecular weight is 462 g/mol. The Morgan fingerprint density at radius 3 is 2.56 bits per heavy atom. The first-order valence-electron chi connectivity index (χ1n) is 11.4. The predicted molar refractivity (Wildman–Crippen MR) is 126 cm³/mol. The van der Waals surface area contributed by atoms with Crippen molar-refractivity contribution in [1.29, 1.82) is 0 Å². The molecule has 0 unspecified atom stereocenters. The number of likely N-dealkylation sites (N-methyl/N-ethyl adjacent to an activating group) is 1. The molecule has 1 aromatic heterocycles. The summed E-state index contributed by atoms with van der Waals surface area (Å²) in [6.07, 6.45) is 2.41. The molecule has 0 spiro atoms. The molecule has 1 aromatic carbocycles. The minimum atomic E-state index is -0.509. The molecule has 1 amide bonds. The number of ether oxygens (including phenoxy) is 1. The number of methoxy groups -OCH3 is 1. The Bertz CT molecular complexity index is 991. The van der Waals surface area contributed by atoms with Crippen LogP contribution in [0.15, 0.2) is 12.1 Å². The topological polar surface area (TPSA) is 90.6 Å². The maximum atomic E-state index is 13.4. The summed E-state index contributed by atoms with van der Waals surface area (Å²) in [4.78, 5) is 37.4. The van der Waals surface area contributed by atoms with E-state index < -0.39 is 11.5 Å². The molecule has 1 saturated heterocycles. The van der Waals surface area contributed by atoms with Crippen LogP contribution >= 0.6 is 11.6 Å². The summed E-state index contributed by atoms with van der Waals surface area (Å²) in [5.74, 6) is 0.394. The van der Waals surface area contributed by atoms with Crippen molar-refractivity contribution in [3.8, 4) is 0 Å². The van der Waals surface area contributed by atoms with Gasteiger partial charge in [-0.15, -0.1) is 0 Å². The summed E-state index contributed by atoms with van der Waals surface area (Å²) >= 11 is 6.61. The Morgan fingerprint density at radius 1 is 1.25 bits per heavy atom. The van der Waals surface area contributed by atoms with Gasteiger partial charge in [-0.25, -0.2) is 9.78 Å². The first-order valence-corrected chi connectivity index (χ1v) is 11.8. The molecule has 9 heteroatoms. The van der Waals surface area contributed by atoms with Gasteiger partial charge in [0.1, 0.15) is 0 Å². The van der Waals surface area contributed by atoms with Gasteiger partial charge in [0.25, 0.3) is 0 Å². The smallest absolute Gasteiger partial charge is 0.407 e. The van der Waals surface area contributed by atoms with Gasteiger partial charge in [-0.05, 0) is 44.4 Å². The molecule has 0 radical (unpaired) electrons. The highest BCUT2D eigenvalue weighted by atomic mass is 35.5. The third kappa shape index (κ3) is 4.57. The van der Waals surface area contributed by atoms with Crippen LogP contribution in [0.4, 0.5) is 10.5 Å². The van der Waals surface area contributed by atoms with Crippen molar-refractivity contribution in [2.45, 2.75) is 45.6 Å². The SMILES string of the molecule is CCN1CCN(c2cc3nc(C(=O)C4(C)CCC(NC(=O)OC)CC4)[nH]c3cc2Cl)CC1. The number of ketones is 1. The molecule has 32 heavy (non-hydrogen) atoms. The van der Waals surface area contributed by atoms with E-state index in [0.717, 1.165) is 62.3 Å². The van der Waals surface area contributed by atoms with Crippen LogP contribution in [-0.4, -0.2) is 72.6 Å². The number of halogens is 1. The molecule has 1 aliphatic carbocycles. The second kappa shape index (κ2) is 9.27. The number of amides is 1. The van der Waals surface area contributed by atoms with Gasteiger partial charge in [0.15, 0.2) is 5.82 Å². The van der Waals surface area contributed by atoms with Crippen molar-refractivity contribution in [3.63, 3.8) is 0 Å². The lowest BCUT2D eigenvalue weighted by Gasteiger charge is -2.35. The second-order valence-corrected chi connectivity index (χ2v) is 9.53. The number of benzene rings is 1. The molecule has 2 aromatic rings. The summed E-state index contributed by atoms with van der Waals surface area (Å²) in [6.45, 7) is 9.10. The summed E-state index contributed by atoms with van der Waals surface area (Å²) in [5, 5.41) is 3.51. The zero-order valence-electron chi connectivity index (χ0n) is 19.0. The number of imidazole rings is 1. The summed E-state index contributed by atoms with van der Waals surface area (Å²) in [6, 6.07) is 3.90. The van der Waals surface area contributed by atoms with Gasteiger partial charge in [0.05, 0.1) is 28.9 Å². The molecule has 1 aliphatic heterocycles. The number of rotatable bonds is 5. The van der Waals surface area contributed by atoms with E-state index in [1.807, 2.05) is 19.1 Å². The fourth-order valence-corrected chi connectivity index (χ4v) is 5.10. The third-order valence-corrected chi connectivity index (χ3v) is 7.37. The van der Waals surface area contributed by atoms with Crippen molar-refractivity contribution < 1.29 is 14.3 Å². The number of hydrogen-bond acceptors (Lipinski definition) is 6. The van der Waals surface area contributed by atoms with Gasteiger partial charge in [0.2, 0.25) is 5.78 Å². The highest BCUT2D eigenvalue weighted by molar-refractivity contribution is 6.34. The number of H-pyrrole nitrogens is 1. The van der Waals surface area contributed by atoms with E-state index in [2.05, 4.69) is 36.7 Å². The van der Waals surface area contributed by atoms with Crippen LogP contribution in [0.5, 0.6) is 0 Å². The van der Waals surface area contributed by atoms with Crippen LogP contribution in [0.3, 0.4) is 0 Å². The molecule has 0 atom stereocenters. The van der Waals surface area contributed by atoms with Crippen LogP contribution in [0.25, 0.3) is 11.0 Å². The highest BCUT2D eigenvalue weighted by Gasteiger charge is 2.39. The quantitative estimate of drug-likeness (QED) is 0.657. The van der Waals surface area contributed by atoms with Crippen LogP contribution in [-0.2, 0) is 4.74 Å². The average Bonchev–Trinajstić information content (AvgIpc) is 3.22. The Morgan fingerprint density at radius 2 is 1.94 bits per heavy atom. The van der Waals surface area contributed by atoms with Gasteiger partial charge in [0, 0.05) is 37.6 Å². The first kappa shape index (κ1) is 22.9. The van der Waals surface area contributed by atoms with E-state index in [1.54, 1.807) is 0 Å². The standard InChI is InChI=1S/C23H32ClN5O3/c1-4-28-9-11-29(12-10-28)19-14-18-17(13-16(19)24)26-21(27-18)20(30)23(2)7-5-15(6-8-23)25-22(31)32-3/h13-15H,4-12H2,1-3H3,(H,25,31)(H,26,27). The van der Waals surface area contributed by atoms with E-state index in [-0.39, 0.29) is 11.8 Å². The molecule has 174 valence electrons. The number of nitrogens with one attached hydrogen (secondary N) is 2. The molecule has 2 N–H and O–H groups in total. The molecule has 8 nitrogen and oxygen atoms in total. The van der Waals surface area contributed by atoms with Crippen LogP contribution in [0.2, 0.25) is 5.02 Å². The van der Waals surface area contributed by atoms with Crippen LogP contribution in [0, 0.1) is 5.41 Å². The molecule has 1 saturated carbocycles. The molecule has 2 aliphatic rings. The zero-order valence-corrected chi connectivity index (χ0v) is 19.8. The van der Waals surface area contributed by atoms with Crippen molar-refractivity contribution in [2.75, 3.05) is 44.7 Å². The molecular weight excluding hydrogens is 430 g/mol. The van der Waals surface area contributed by atoms with E-state index in [4.69, 9.17) is 11.6 Å².